The second kappa shape index (κ2) is 3.53. The number of aryl methyl sites for hydroxylation is 3. The van der Waals surface area contributed by atoms with E-state index in [2.05, 4.69) is 6.07 Å². The Morgan fingerprint density at radius 1 is 1.27 bits per heavy atom. The molecule has 0 radical (unpaired) electrons. The Bertz CT molecular complexity index is 380. The molecule has 2 heteroatoms. The minimum absolute atomic E-state index is 0.123. The van der Waals surface area contributed by atoms with Crippen molar-refractivity contribution in [2.45, 2.75) is 45.1 Å². The van der Waals surface area contributed by atoms with E-state index in [0.29, 0.717) is 5.75 Å². The molecule has 15 heavy (non-hydrogen) atoms. The third-order valence-corrected chi connectivity index (χ3v) is 3.44. The largest absolute Gasteiger partial charge is 0.508 e. The van der Waals surface area contributed by atoms with Crippen molar-refractivity contribution >= 4 is 0 Å². The number of aromatic hydroxyl groups is 1. The second-order valence-corrected chi connectivity index (χ2v) is 4.93. The molecule has 0 spiro atoms. The highest BCUT2D eigenvalue weighted by Gasteiger charge is 2.37. The van der Waals surface area contributed by atoms with Gasteiger partial charge in [-0.2, -0.15) is 0 Å². The first-order valence-corrected chi connectivity index (χ1v) is 5.58. The number of phenolic OH excluding ortho intramolecular Hbond substituents is 1. The maximum atomic E-state index is 9.54. The van der Waals surface area contributed by atoms with Crippen LogP contribution in [0.3, 0.4) is 0 Å². The van der Waals surface area contributed by atoms with Crippen molar-refractivity contribution in [3.63, 3.8) is 0 Å². The fourth-order valence-corrected chi connectivity index (χ4v) is 1.92. The van der Waals surface area contributed by atoms with Crippen LogP contribution in [-0.4, -0.2) is 10.6 Å². The lowest BCUT2D eigenvalue weighted by Gasteiger charge is -2.12. The van der Waals surface area contributed by atoms with Gasteiger partial charge < -0.3 is 10.8 Å². The van der Waals surface area contributed by atoms with E-state index < -0.39 is 0 Å². The van der Waals surface area contributed by atoms with Crippen molar-refractivity contribution in [3.8, 4) is 5.75 Å². The van der Waals surface area contributed by atoms with Crippen LogP contribution in [0.15, 0.2) is 12.1 Å². The highest BCUT2D eigenvalue weighted by Crippen LogP contribution is 2.37. The summed E-state index contributed by atoms with van der Waals surface area (Å²) in [7, 11) is 0. The van der Waals surface area contributed by atoms with Crippen LogP contribution in [0.4, 0.5) is 0 Å². The first-order valence-electron chi connectivity index (χ1n) is 5.58. The summed E-state index contributed by atoms with van der Waals surface area (Å²) in [5.41, 5.74) is 9.63. The van der Waals surface area contributed by atoms with Gasteiger partial charge in [-0.05, 0) is 62.3 Å². The Labute approximate surface area is 91.1 Å². The molecule has 3 N–H and O–H groups in total. The monoisotopic (exact) mass is 205 g/mol. The molecule has 1 aliphatic carbocycles. The van der Waals surface area contributed by atoms with Crippen LogP contribution in [0, 0.1) is 13.8 Å². The molecule has 1 fully saturated rings. The number of rotatable bonds is 3. The minimum atomic E-state index is 0.123. The standard InChI is InChI=1S/C13H19NO/c1-9-8-12(15)10(2)7-11(9)3-4-13(14)5-6-13/h7-8,15H,3-6,14H2,1-2H3. The molecule has 1 saturated carbocycles. The fraction of sp³-hybridized carbons (Fsp3) is 0.538. The second-order valence-electron chi connectivity index (χ2n) is 4.93. The molecule has 0 unspecified atom stereocenters. The molecule has 0 saturated heterocycles. The van der Waals surface area contributed by atoms with E-state index >= 15 is 0 Å². The van der Waals surface area contributed by atoms with Gasteiger partial charge in [-0.1, -0.05) is 6.07 Å². The summed E-state index contributed by atoms with van der Waals surface area (Å²) in [6.45, 7) is 3.98. The zero-order valence-electron chi connectivity index (χ0n) is 9.51. The van der Waals surface area contributed by atoms with Crippen molar-refractivity contribution in [2.75, 3.05) is 0 Å². The summed E-state index contributed by atoms with van der Waals surface area (Å²) in [4.78, 5) is 0. The molecule has 0 amide bonds. The van der Waals surface area contributed by atoms with Crippen molar-refractivity contribution in [3.05, 3.63) is 28.8 Å². The summed E-state index contributed by atoms with van der Waals surface area (Å²) >= 11 is 0. The van der Waals surface area contributed by atoms with Crippen LogP contribution >= 0.6 is 0 Å². The molecule has 0 atom stereocenters. The normalized spacial score (nSPS) is 17.8. The van der Waals surface area contributed by atoms with Gasteiger partial charge >= 0.3 is 0 Å². The first kappa shape index (κ1) is 10.5. The molecule has 2 nitrogen and oxygen atoms in total. The Hall–Kier alpha value is -1.02. The molecular formula is C13H19NO. The van der Waals surface area contributed by atoms with Crippen LogP contribution in [0.25, 0.3) is 0 Å². The average molecular weight is 205 g/mol. The van der Waals surface area contributed by atoms with E-state index in [9.17, 15) is 5.11 Å². The lowest BCUT2D eigenvalue weighted by molar-refractivity contribution is 0.470. The highest BCUT2D eigenvalue weighted by atomic mass is 16.3. The van der Waals surface area contributed by atoms with Gasteiger partial charge in [0.2, 0.25) is 0 Å². The van der Waals surface area contributed by atoms with Gasteiger partial charge in [0.1, 0.15) is 5.75 Å². The Balaban J connectivity index is 2.10. The van der Waals surface area contributed by atoms with Gasteiger partial charge in [-0.3, -0.25) is 0 Å². The quantitative estimate of drug-likeness (QED) is 0.796. The van der Waals surface area contributed by atoms with Crippen LogP contribution in [0.1, 0.15) is 36.0 Å². The fourth-order valence-electron chi connectivity index (χ4n) is 1.92. The van der Waals surface area contributed by atoms with Crippen molar-refractivity contribution in [2.24, 2.45) is 5.73 Å². The van der Waals surface area contributed by atoms with Gasteiger partial charge in [-0.25, -0.2) is 0 Å². The highest BCUT2D eigenvalue weighted by molar-refractivity contribution is 5.40. The summed E-state index contributed by atoms with van der Waals surface area (Å²) < 4.78 is 0. The lowest BCUT2D eigenvalue weighted by Crippen LogP contribution is -2.22. The number of hydrogen-bond acceptors (Lipinski definition) is 2. The van der Waals surface area contributed by atoms with Crippen LogP contribution in [-0.2, 0) is 6.42 Å². The van der Waals surface area contributed by atoms with Crippen molar-refractivity contribution in [1.82, 2.24) is 0 Å². The summed E-state index contributed by atoms with van der Waals surface area (Å²) in [5, 5.41) is 9.54. The summed E-state index contributed by atoms with van der Waals surface area (Å²) in [6.07, 6.45) is 4.44. The number of nitrogens with two attached hydrogens (primary N) is 1. The molecule has 0 aromatic heterocycles. The Kier molecular flexibility index (Phi) is 2.47. The third kappa shape index (κ3) is 2.32. The summed E-state index contributed by atoms with van der Waals surface area (Å²) in [5.74, 6) is 0.394. The van der Waals surface area contributed by atoms with E-state index in [-0.39, 0.29) is 5.54 Å². The van der Waals surface area contributed by atoms with Crippen LogP contribution < -0.4 is 5.73 Å². The predicted molar refractivity (Wildman–Crippen MR) is 62.1 cm³/mol. The van der Waals surface area contributed by atoms with Crippen molar-refractivity contribution in [1.29, 1.82) is 0 Å². The smallest absolute Gasteiger partial charge is 0.118 e. The van der Waals surface area contributed by atoms with Crippen LogP contribution in [0.5, 0.6) is 5.75 Å². The zero-order chi connectivity index (χ0) is 11.1. The SMILES string of the molecule is Cc1cc(CCC2(N)CC2)c(C)cc1O. The molecule has 1 aromatic rings. The van der Waals surface area contributed by atoms with Gasteiger partial charge in [-0.15, -0.1) is 0 Å². The third-order valence-electron chi connectivity index (χ3n) is 3.44. The maximum absolute atomic E-state index is 9.54. The van der Waals surface area contributed by atoms with E-state index in [1.54, 1.807) is 0 Å². The van der Waals surface area contributed by atoms with E-state index in [1.165, 1.54) is 24.0 Å². The number of hydrogen-bond donors (Lipinski definition) is 2. The molecular weight excluding hydrogens is 186 g/mol. The number of phenols is 1. The molecule has 1 aliphatic rings. The van der Waals surface area contributed by atoms with E-state index in [1.807, 2.05) is 19.9 Å². The lowest BCUT2D eigenvalue weighted by atomic mass is 9.98. The van der Waals surface area contributed by atoms with Crippen molar-refractivity contribution < 1.29 is 5.11 Å². The van der Waals surface area contributed by atoms with E-state index in [4.69, 9.17) is 5.73 Å². The minimum Gasteiger partial charge on any atom is -0.508 e. The van der Waals surface area contributed by atoms with Crippen LogP contribution in [0.2, 0.25) is 0 Å². The van der Waals surface area contributed by atoms with Gasteiger partial charge in [0.25, 0.3) is 0 Å². The number of benzene rings is 1. The zero-order valence-corrected chi connectivity index (χ0v) is 9.51. The Morgan fingerprint density at radius 3 is 2.53 bits per heavy atom. The average Bonchev–Trinajstić information content (AvgIpc) is 2.89. The Morgan fingerprint density at radius 2 is 1.93 bits per heavy atom. The van der Waals surface area contributed by atoms with Gasteiger partial charge in [0, 0.05) is 5.54 Å². The predicted octanol–water partition coefficient (Wildman–Crippen LogP) is 2.43. The molecule has 0 bridgehead atoms. The topological polar surface area (TPSA) is 46.2 Å². The molecule has 0 aliphatic heterocycles. The first-order chi connectivity index (χ1) is 7.00. The molecule has 0 heterocycles. The van der Waals surface area contributed by atoms with E-state index in [0.717, 1.165) is 18.4 Å². The summed E-state index contributed by atoms with van der Waals surface area (Å²) in [6, 6.07) is 3.93. The van der Waals surface area contributed by atoms with Gasteiger partial charge in [0.15, 0.2) is 0 Å². The molecule has 1 aromatic carbocycles. The maximum Gasteiger partial charge on any atom is 0.118 e. The molecule has 82 valence electrons. The van der Waals surface area contributed by atoms with Gasteiger partial charge in [0.05, 0.1) is 0 Å². The molecule has 2 rings (SSSR count).